The van der Waals surface area contributed by atoms with Gasteiger partial charge in [0.05, 0.1) is 0 Å². The van der Waals surface area contributed by atoms with E-state index >= 15 is 0 Å². The van der Waals surface area contributed by atoms with Crippen LogP contribution in [0.2, 0.25) is 0 Å². The molecule has 0 bridgehead atoms. The van der Waals surface area contributed by atoms with Crippen molar-refractivity contribution in [2.24, 2.45) is 0 Å². The molecule has 0 spiro atoms. The second-order valence-electron chi connectivity index (χ2n) is 6.99. The summed E-state index contributed by atoms with van der Waals surface area (Å²) in [7, 11) is 0. The monoisotopic (exact) mass is 348 g/mol. The molecule has 0 aromatic carbocycles. The lowest BCUT2D eigenvalue weighted by Crippen LogP contribution is -2.56. The van der Waals surface area contributed by atoms with Crippen molar-refractivity contribution < 1.29 is 22.7 Å². The zero-order chi connectivity index (χ0) is 18.0. The molecule has 1 fully saturated rings. The highest BCUT2D eigenvalue weighted by Crippen LogP contribution is 2.32. The molecule has 136 valence electrons. The fourth-order valence-corrected chi connectivity index (χ4v) is 2.77. The lowest BCUT2D eigenvalue weighted by molar-refractivity contribution is -0.194. The molecule has 0 aliphatic carbocycles. The number of amides is 1. The maximum atomic E-state index is 13.3. The summed E-state index contributed by atoms with van der Waals surface area (Å²) in [5, 5.41) is 9.09. The number of aromatic nitrogens is 2. The summed E-state index contributed by atoms with van der Waals surface area (Å²) in [6, 6.07) is -0.280. The first kappa shape index (κ1) is 18.6. The minimum absolute atomic E-state index is 0.0713. The summed E-state index contributed by atoms with van der Waals surface area (Å²) in [5.74, 6) is 0. The van der Waals surface area contributed by atoms with Crippen molar-refractivity contribution in [3.05, 3.63) is 18.0 Å². The van der Waals surface area contributed by atoms with Gasteiger partial charge in [-0.15, -0.1) is 0 Å². The molecule has 24 heavy (non-hydrogen) atoms. The molecule has 2 rings (SSSR count). The number of carbonyl (C=O) groups is 1. The number of hydrogen-bond donors (Lipinski definition) is 2. The topological polar surface area (TPSA) is 70.2 Å². The zero-order valence-electron chi connectivity index (χ0n) is 14.0. The van der Waals surface area contributed by atoms with E-state index < -0.39 is 23.9 Å². The number of nitrogens with zero attached hydrogens (tertiary/aromatic N) is 2. The number of hydrogen-bond acceptors (Lipinski definition) is 4. The first-order valence-corrected chi connectivity index (χ1v) is 7.83. The van der Waals surface area contributed by atoms with Gasteiger partial charge in [0.1, 0.15) is 11.6 Å². The van der Waals surface area contributed by atoms with Crippen LogP contribution in [-0.4, -0.2) is 51.6 Å². The van der Waals surface area contributed by atoms with E-state index in [1.165, 1.54) is 11.1 Å². The van der Waals surface area contributed by atoms with Gasteiger partial charge in [-0.25, -0.2) is 4.79 Å². The van der Waals surface area contributed by atoms with Crippen LogP contribution in [0.15, 0.2) is 12.3 Å². The van der Waals surface area contributed by atoms with Crippen molar-refractivity contribution in [2.45, 2.75) is 64.0 Å². The van der Waals surface area contributed by atoms with E-state index in [1.807, 2.05) is 0 Å². The Bertz CT molecular complexity index is 540. The van der Waals surface area contributed by atoms with Crippen LogP contribution in [0.1, 0.15) is 39.3 Å². The van der Waals surface area contributed by atoms with Crippen LogP contribution in [0.5, 0.6) is 0 Å². The largest absolute Gasteiger partial charge is 0.444 e. The van der Waals surface area contributed by atoms with E-state index in [9.17, 15) is 18.0 Å². The first-order chi connectivity index (χ1) is 11.0. The van der Waals surface area contributed by atoms with Gasteiger partial charge in [-0.05, 0) is 39.7 Å². The number of alkyl carbamates (subject to hydrolysis) is 1. The zero-order valence-corrected chi connectivity index (χ0v) is 14.0. The van der Waals surface area contributed by atoms with Crippen LogP contribution in [0.4, 0.5) is 18.0 Å². The molecule has 6 nitrogen and oxygen atoms in total. The third-order valence-corrected chi connectivity index (χ3v) is 3.71. The van der Waals surface area contributed by atoms with Crippen molar-refractivity contribution in [2.75, 3.05) is 6.54 Å². The molecule has 2 N–H and O–H groups in total. The molecule has 1 aliphatic rings. The minimum atomic E-state index is -4.31. The molecule has 1 aromatic rings. The number of likely N-dealkylation sites (tertiary alicyclic amines) is 1. The highest BCUT2D eigenvalue weighted by atomic mass is 19.4. The molecule has 2 atom stereocenters. The van der Waals surface area contributed by atoms with Gasteiger partial charge in [0.25, 0.3) is 0 Å². The van der Waals surface area contributed by atoms with Crippen molar-refractivity contribution in [3.63, 3.8) is 0 Å². The Labute approximate surface area is 138 Å². The van der Waals surface area contributed by atoms with Crippen LogP contribution < -0.4 is 5.32 Å². The van der Waals surface area contributed by atoms with E-state index in [-0.39, 0.29) is 32.0 Å². The third-order valence-electron chi connectivity index (χ3n) is 3.71. The molecule has 1 aliphatic heterocycles. The van der Waals surface area contributed by atoms with Crippen molar-refractivity contribution in [3.8, 4) is 0 Å². The summed E-state index contributed by atoms with van der Waals surface area (Å²) in [6.07, 6.45) is -3.24. The van der Waals surface area contributed by atoms with Crippen molar-refractivity contribution in [1.82, 2.24) is 20.4 Å². The van der Waals surface area contributed by atoms with E-state index in [2.05, 4.69) is 15.5 Å². The van der Waals surface area contributed by atoms with Gasteiger partial charge in [0.2, 0.25) is 0 Å². The number of H-pyrrole nitrogens is 1. The lowest BCUT2D eigenvalue weighted by Gasteiger charge is -2.40. The number of carbonyl (C=O) groups excluding carboxylic acids is 1. The Hall–Kier alpha value is -1.77. The fourth-order valence-electron chi connectivity index (χ4n) is 2.77. The van der Waals surface area contributed by atoms with Gasteiger partial charge < -0.3 is 10.1 Å². The molecule has 0 saturated carbocycles. The van der Waals surface area contributed by atoms with Gasteiger partial charge in [-0.3, -0.25) is 10.00 Å². The number of piperidine rings is 1. The molecule has 9 heteroatoms. The molecular formula is C15H23F3N4O2. The standard InChI is InChI=1S/C15H23F3N4O2/c1-14(2,3)24-13(23)20-10-4-5-12(15(16,17)18)22(8-10)9-11-6-7-19-21-11/h6-7,10,12H,4-5,8-9H2,1-3H3,(H,19,21)(H,20,23)/t10-,12-/m1/s1. The van der Waals surface area contributed by atoms with Gasteiger partial charge in [-0.2, -0.15) is 18.3 Å². The highest BCUT2D eigenvalue weighted by Gasteiger charge is 2.46. The van der Waals surface area contributed by atoms with Crippen LogP contribution >= 0.6 is 0 Å². The molecule has 1 saturated heterocycles. The van der Waals surface area contributed by atoms with E-state index in [1.54, 1.807) is 26.8 Å². The second kappa shape index (κ2) is 7.00. The van der Waals surface area contributed by atoms with Gasteiger partial charge in [0, 0.05) is 31.0 Å². The predicted octanol–water partition coefficient (Wildman–Crippen LogP) is 2.83. The van der Waals surface area contributed by atoms with Crippen LogP contribution in [0.25, 0.3) is 0 Å². The highest BCUT2D eigenvalue weighted by molar-refractivity contribution is 5.68. The SMILES string of the molecule is CC(C)(C)OC(=O)N[C@@H]1CC[C@H](C(F)(F)F)N(Cc2ccn[nH]2)C1. The summed E-state index contributed by atoms with van der Waals surface area (Å²) in [4.78, 5) is 13.2. The molecule has 1 aromatic heterocycles. The fraction of sp³-hybridized carbons (Fsp3) is 0.733. The Morgan fingerprint density at radius 2 is 2.12 bits per heavy atom. The summed E-state index contributed by atoms with van der Waals surface area (Å²) in [6.45, 7) is 5.39. The number of nitrogens with one attached hydrogen (secondary N) is 2. The maximum absolute atomic E-state index is 13.3. The molecule has 0 unspecified atom stereocenters. The van der Waals surface area contributed by atoms with Crippen LogP contribution in [0, 0.1) is 0 Å². The Balaban J connectivity index is 2.01. The summed E-state index contributed by atoms with van der Waals surface area (Å²) in [5.41, 5.74) is -0.0507. The number of aromatic amines is 1. The molecule has 1 amide bonds. The van der Waals surface area contributed by atoms with Gasteiger partial charge >= 0.3 is 12.3 Å². The van der Waals surface area contributed by atoms with Crippen molar-refractivity contribution >= 4 is 6.09 Å². The summed E-state index contributed by atoms with van der Waals surface area (Å²) < 4.78 is 44.9. The number of ether oxygens (including phenoxy) is 1. The number of rotatable bonds is 3. The Morgan fingerprint density at radius 1 is 1.42 bits per heavy atom. The quantitative estimate of drug-likeness (QED) is 0.881. The third kappa shape index (κ3) is 5.40. The van der Waals surface area contributed by atoms with Gasteiger partial charge in [-0.1, -0.05) is 0 Å². The smallest absolute Gasteiger partial charge is 0.407 e. The minimum Gasteiger partial charge on any atom is -0.444 e. The Morgan fingerprint density at radius 3 is 2.67 bits per heavy atom. The van der Waals surface area contributed by atoms with Crippen LogP contribution in [0.3, 0.4) is 0 Å². The maximum Gasteiger partial charge on any atom is 0.407 e. The van der Waals surface area contributed by atoms with Crippen molar-refractivity contribution in [1.29, 1.82) is 0 Å². The second-order valence-corrected chi connectivity index (χ2v) is 6.99. The predicted molar refractivity (Wildman–Crippen MR) is 81.2 cm³/mol. The van der Waals surface area contributed by atoms with E-state index in [4.69, 9.17) is 4.74 Å². The number of alkyl halides is 3. The molecule has 0 radical (unpaired) electrons. The molecule has 2 heterocycles. The Kier molecular flexibility index (Phi) is 5.42. The number of halogens is 3. The van der Waals surface area contributed by atoms with Crippen LogP contribution in [-0.2, 0) is 11.3 Å². The summed E-state index contributed by atoms with van der Waals surface area (Å²) >= 11 is 0. The average molecular weight is 348 g/mol. The lowest BCUT2D eigenvalue weighted by atomic mass is 9.97. The normalized spacial score (nSPS) is 23.1. The van der Waals surface area contributed by atoms with E-state index in [0.29, 0.717) is 5.69 Å². The van der Waals surface area contributed by atoms with Gasteiger partial charge in [0.15, 0.2) is 0 Å². The molecular weight excluding hydrogens is 325 g/mol. The first-order valence-electron chi connectivity index (χ1n) is 7.83. The van der Waals surface area contributed by atoms with E-state index in [0.717, 1.165) is 0 Å². The average Bonchev–Trinajstić information content (AvgIpc) is 2.87.